The van der Waals surface area contributed by atoms with E-state index in [1.807, 2.05) is 6.07 Å². The van der Waals surface area contributed by atoms with Gasteiger partial charge in [-0.1, -0.05) is 52.7 Å². The number of carbonyl (C=O) groups is 1. The predicted octanol–water partition coefficient (Wildman–Crippen LogP) is 7.88. The fourth-order valence-corrected chi connectivity index (χ4v) is 8.15. The highest BCUT2D eigenvalue weighted by Gasteiger charge is 2.53. The van der Waals surface area contributed by atoms with E-state index in [9.17, 15) is 9.18 Å². The Morgan fingerprint density at radius 1 is 1.22 bits per heavy atom. The van der Waals surface area contributed by atoms with Crippen LogP contribution in [0.3, 0.4) is 0 Å². The van der Waals surface area contributed by atoms with Crippen molar-refractivity contribution >= 4 is 55.9 Å². The molecule has 2 aromatic carbocycles. The Balaban J connectivity index is 1.13. The summed E-state index contributed by atoms with van der Waals surface area (Å²) in [6.07, 6.45) is 4.15. The monoisotopic (exact) mass is 615 g/mol. The van der Waals surface area contributed by atoms with E-state index in [2.05, 4.69) is 22.0 Å². The van der Waals surface area contributed by atoms with Crippen LogP contribution in [0.15, 0.2) is 34.9 Å². The van der Waals surface area contributed by atoms with Crippen molar-refractivity contribution in [1.29, 1.82) is 0 Å². The first kappa shape index (κ1) is 27.1. The molecule has 0 amide bonds. The molecule has 0 bridgehead atoms. The number of methoxy groups -OCH3 is 1. The maximum absolute atomic E-state index is 14.8. The number of anilines is 1. The number of hydrogen-bond acceptors (Lipinski definition) is 8. The summed E-state index contributed by atoms with van der Waals surface area (Å²) in [5.41, 5.74) is 2.60. The molecule has 2 aromatic heterocycles. The zero-order valence-corrected chi connectivity index (χ0v) is 24.9. The molecule has 4 aromatic rings. The van der Waals surface area contributed by atoms with Crippen molar-refractivity contribution in [2.75, 3.05) is 25.1 Å². The summed E-state index contributed by atoms with van der Waals surface area (Å²) < 4.78 is 32.7. The van der Waals surface area contributed by atoms with Crippen LogP contribution in [0.25, 0.3) is 21.5 Å². The van der Waals surface area contributed by atoms with Crippen LogP contribution in [0.4, 0.5) is 9.52 Å². The van der Waals surface area contributed by atoms with Gasteiger partial charge in [0, 0.05) is 35.5 Å². The van der Waals surface area contributed by atoms with Gasteiger partial charge in [0.05, 0.1) is 40.1 Å². The highest BCUT2D eigenvalue weighted by atomic mass is 35.5. The molecule has 3 heterocycles. The smallest absolute Gasteiger partial charge is 0.338 e. The van der Waals surface area contributed by atoms with Crippen molar-refractivity contribution in [2.24, 2.45) is 11.3 Å². The van der Waals surface area contributed by atoms with Gasteiger partial charge < -0.3 is 18.9 Å². The molecule has 3 fully saturated rings. The van der Waals surface area contributed by atoms with Crippen molar-refractivity contribution in [1.82, 2.24) is 10.1 Å². The van der Waals surface area contributed by atoms with E-state index < -0.39 is 11.8 Å². The third-order valence-electron chi connectivity index (χ3n) is 8.94. The van der Waals surface area contributed by atoms with Crippen molar-refractivity contribution in [3.05, 3.63) is 63.1 Å². The molecular weight excluding hydrogens is 588 g/mol. The quantitative estimate of drug-likeness (QED) is 0.196. The average Bonchev–Trinajstić information content (AvgIpc) is 3.26. The number of nitrogens with zero attached hydrogens (tertiary/aromatic N) is 3. The summed E-state index contributed by atoms with van der Waals surface area (Å²) in [6, 6.07) is 8.26. The van der Waals surface area contributed by atoms with Crippen LogP contribution < -0.4 is 4.90 Å². The molecule has 11 heteroatoms. The number of hydrogen-bond donors (Lipinski definition) is 0. The molecule has 41 heavy (non-hydrogen) atoms. The van der Waals surface area contributed by atoms with Crippen LogP contribution in [-0.4, -0.2) is 42.4 Å². The van der Waals surface area contributed by atoms with Crippen molar-refractivity contribution < 1.29 is 23.2 Å². The standard InChI is InChI=1S/C30H28Cl2FN3O4S/c1-30-14-36(29-34-26-21(33)10-16(28(37)38-2)11-22(26)41-29)12-17(30)8-9-23(30)39-13-18-25(35-40-27(18)15-6-7-15)24-19(31)4-3-5-20(24)32/h3-5,10-11,15,17,23H,6-9,12-14H2,1-2H3/t17-,23+,30+/m1/s1. The first-order valence-electron chi connectivity index (χ1n) is 13.7. The summed E-state index contributed by atoms with van der Waals surface area (Å²) in [7, 11) is 1.29. The highest BCUT2D eigenvalue weighted by Crippen LogP contribution is 2.52. The lowest BCUT2D eigenvalue weighted by atomic mass is 9.81. The minimum absolute atomic E-state index is 0.0195. The van der Waals surface area contributed by atoms with Crippen LogP contribution in [0, 0.1) is 17.2 Å². The predicted molar refractivity (Wildman–Crippen MR) is 156 cm³/mol. The molecular formula is C30H28Cl2FN3O4S. The average molecular weight is 617 g/mol. The third-order valence-corrected chi connectivity index (χ3v) is 10.6. The number of aromatic nitrogens is 2. The Kier molecular flexibility index (Phi) is 6.77. The Labute approximate surface area is 250 Å². The van der Waals surface area contributed by atoms with Gasteiger partial charge in [-0.2, -0.15) is 0 Å². The van der Waals surface area contributed by atoms with Gasteiger partial charge in [0.25, 0.3) is 0 Å². The summed E-state index contributed by atoms with van der Waals surface area (Å²) in [5.74, 6) is 0.543. The Hall–Kier alpha value is -2.72. The van der Waals surface area contributed by atoms with Gasteiger partial charge in [0.1, 0.15) is 17.0 Å². The second-order valence-corrected chi connectivity index (χ2v) is 13.3. The lowest BCUT2D eigenvalue weighted by Crippen LogP contribution is -2.36. The van der Waals surface area contributed by atoms with Gasteiger partial charge >= 0.3 is 5.97 Å². The summed E-state index contributed by atoms with van der Waals surface area (Å²) >= 11 is 14.5. The molecule has 2 aliphatic carbocycles. The van der Waals surface area contributed by atoms with Gasteiger partial charge in [-0.05, 0) is 55.9 Å². The topological polar surface area (TPSA) is 77.7 Å². The number of benzene rings is 2. The van der Waals surface area contributed by atoms with Crippen LogP contribution in [-0.2, 0) is 16.1 Å². The summed E-state index contributed by atoms with van der Waals surface area (Å²) in [5, 5.41) is 6.21. The van der Waals surface area contributed by atoms with Crippen molar-refractivity contribution in [3.63, 3.8) is 0 Å². The zero-order chi connectivity index (χ0) is 28.5. The van der Waals surface area contributed by atoms with Gasteiger partial charge in [-0.25, -0.2) is 14.2 Å². The highest BCUT2D eigenvalue weighted by molar-refractivity contribution is 7.22. The van der Waals surface area contributed by atoms with E-state index >= 15 is 0 Å². The number of thiazole rings is 1. The fraction of sp³-hybridized carbons (Fsp3) is 0.433. The van der Waals surface area contributed by atoms with Crippen molar-refractivity contribution in [2.45, 2.75) is 51.2 Å². The molecule has 1 aliphatic heterocycles. The maximum Gasteiger partial charge on any atom is 0.338 e. The van der Waals surface area contributed by atoms with Crippen LogP contribution in [0.2, 0.25) is 10.0 Å². The third kappa shape index (κ3) is 4.61. The second kappa shape index (κ2) is 10.2. The maximum atomic E-state index is 14.8. The minimum Gasteiger partial charge on any atom is -0.465 e. The lowest BCUT2D eigenvalue weighted by molar-refractivity contribution is -0.0241. The molecule has 2 saturated carbocycles. The Morgan fingerprint density at radius 3 is 2.73 bits per heavy atom. The largest absolute Gasteiger partial charge is 0.465 e. The molecule has 0 N–H and O–H groups in total. The van der Waals surface area contributed by atoms with Gasteiger partial charge in [-0.3, -0.25) is 0 Å². The number of esters is 1. The van der Waals surface area contributed by atoms with Gasteiger partial charge in [0.2, 0.25) is 0 Å². The van der Waals surface area contributed by atoms with E-state index in [1.165, 1.54) is 24.5 Å². The van der Waals surface area contributed by atoms with E-state index in [-0.39, 0.29) is 22.6 Å². The number of halogens is 3. The number of fused-ring (bicyclic) bond motifs is 2. The van der Waals surface area contributed by atoms with Gasteiger partial charge in [-0.15, -0.1) is 0 Å². The molecule has 214 valence electrons. The Bertz CT molecular complexity index is 1650. The summed E-state index contributed by atoms with van der Waals surface area (Å²) in [6.45, 7) is 4.21. The Morgan fingerprint density at radius 2 is 2.00 bits per heavy atom. The SMILES string of the molecule is COC(=O)c1cc(F)c2nc(N3C[C@H]4CC[C@H](OCc5c(-c6c(Cl)cccc6Cl)noc5C5CC5)[C@@]4(C)C3)sc2c1. The van der Waals surface area contributed by atoms with Crippen LogP contribution >= 0.6 is 34.5 Å². The molecule has 1 saturated heterocycles. The van der Waals surface area contributed by atoms with E-state index in [4.69, 9.17) is 37.2 Å². The van der Waals surface area contributed by atoms with E-state index in [1.54, 1.807) is 18.2 Å². The molecule has 0 radical (unpaired) electrons. The van der Waals surface area contributed by atoms with Crippen molar-refractivity contribution in [3.8, 4) is 11.3 Å². The van der Waals surface area contributed by atoms with E-state index in [0.29, 0.717) is 44.4 Å². The molecule has 0 spiro atoms. The molecule has 7 nitrogen and oxygen atoms in total. The zero-order valence-electron chi connectivity index (χ0n) is 22.6. The molecule has 0 unspecified atom stereocenters. The summed E-state index contributed by atoms with van der Waals surface area (Å²) in [4.78, 5) is 18.8. The van der Waals surface area contributed by atoms with Crippen LogP contribution in [0.1, 0.15) is 60.2 Å². The molecule has 3 aliphatic rings. The van der Waals surface area contributed by atoms with Gasteiger partial charge in [0.15, 0.2) is 10.9 Å². The number of ether oxygens (including phenoxy) is 2. The van der Waals surface area contributed by atoms with Crippen LogP contribution in [0.5, 0.6) is 0 Å². The lowest BCUT2D eigenvalue weighted by Gasteiger charge is -2.31. The number of rotatable bonds is 7. The number of carbonyl (C=O) groups excluding carboxylic acids is 1. The molecule has 3 atom stereocenters. The second-order valence-electron chi connectivity index (χ2n) is 11.5. The van der Waals surface area contributed by atoms with E-state index in [0.717, 1.165) is 55.2 Å². The first-order valence-corrected chi connectivity index (χ1v) is 15.3. The minimum atomic E-state index is -0.568. The normalized spacial score (nSPS) is 23.9. The first-order chi connectivity index (χ1) is 19.8. The molecule has 7 rings (SSSR count). The fourth-order valence-electron chi connectivity index (χ4n) is 6.55.